The summed E-state index contributed by atoms with van der Waals surface area (Å²) in [4.78, 5) is 9.02. The summed E-state index contributed by atoms with van der Waals surface area (Å²) in [5, 5.41) is 7.61. The van der Waals surface area contributed by atoms with Crippen molar-refractivity contribution in [3.8, 4) is 0 Å². The van der Waals surface area contributed by atoms with Crippen LogP contribution in [0.15, 0.2) is 0 Å². The molecule has 0 amide bonds. The van der Waals surface area contributed by atoms with Gasteiger partial charge in [-0.05, 0) is 0 Å². The molecule has 0 atom stereocenters. The fraction of sp³-hybridized carbons (Fsp3) is 0.500. The molecule has 0 aromatic rings. The minimum Gasteiger partial charge on any atom is -0.441 e. The molecule has 0 rings (SSSR count). The van der Waals surface area contributed by atoms with Crippen molar-refractivity contribution in [2.45, 2.75) is 0 Å². The van der Waals surface area contributed by atoms with Crippen molar-refractivity contribution >= 4 is 30.4 Å². The molecular weight excluding hydrogens is 191 g/mol. The molecule has 0 aliphatic heterocycles. The number of aliphatic hydroxyl groups is 1. The van der Waals surface area contributed by atoms with Crippen LogP contribution in [0, 0.1) is 0 Å². The van der Waals surface area contributed by atoms with Gasteiger partial charge in [0.15, 0.2) is 6.79 Å². The largest absolute Gasteiger partial charge is 0.441 e. The maximum atomic E-state index is 9.02. The van der Waals surface area contributed by atoms with Crippen molar-refractivity contribution < 1.29 is 14.6 Å². The fourth-order valence-corrected chi connectivity index (χ4v) is 0.0304. The summed E-state index contributed by atoms with van der Waals surface area (Å²) in [6, 6.07) is 0. The van der Waals surface area contributed by atoms with Crippen LogP contribution >= 0.6 is 0 Å². The first kappa shape index (κ1) is 9.52. The second-order valence-electron chi connectivity index (χ2n) is 0.392. The normalized spacial score (nSPS) is 5.50. The summed E-state index contributed by atoms with van der Waals surface area (Å²) >= 11 is 0. The summed E-state index contributed by atoms with van der Waals surface area (Å²) in [6.07, 6.45) is 0. The van der Waals surface area contributed by atoms with Crippen molar-refractivity contribution in [2.24, 2.45) is 0 Å². The second kappa shape index (κ2) is 8.97. The summed E-state index contributed by atoms with van der Waals surface area (Å²) in [7, 11) is 0. The van der Waals surface area contributed by atoms with E-state index in [1.165, 1.54) is 0 Å². The predicted molar refractivity (Wildman–Crippen MR) is 20.0 cm³/mol. The molecule has 0 aromatic carbocycles. The summed E-state index contributed by atoms with van der Waals surface area (Å²) < 4.78 is 3.71. The molecule has 0 aliphatic carbocycles. The van der Waals surface area contributed by atoms with Crippen LogP contribution in [-0.2, 0) is 9.53 Å². The van der Waals surface area contributed by atoms with Crippen molar-refractivity contribution in [3.63, 3.8) is 0 Å². The molecule has 0 heterocycles. The summed E-state index contributed by atoms with van der Waals surface area (Å²) in [6.45, 7) is -0.344. The van der Waals surface area contributed by atoms with Crippen LogP contribution in [0.25, 0.3) is 0 Å². The standard InChI is InChI=1S/C2H4O3.Sn/c3-1-5-2-4;/h1,4H,2H2;. The van der Waals surface area contributed by atoms with Crippen LogP contribution in [0.1, 0.15) is 0 Å². The van der Waals surface area contributed by atoms with Gasteiger partial charge in [-0.2, -0.15) is 0 Å². The quantitative estimate of drug-likeness (QED) is 0.339. The van der Waals surface area contributed by atoms with Gasteiger partial charge in [-0.1, -0.05) is 0 Å². The van der Waals surface area contributed by atoms with Crippen LogP contribution in [0.4, 0.5) is 0 Å². The smallest absolute Gasteiger partial charge is 0.295 e. The average Bonchev–Trinajstić information content (AvgIpc) is 1.41. The van der Waals surface area contributed by atoms with E-state index in [0.717, 1.165) is 0 Å². The zero-order valence-corrected chi connectivity index (χ0v) is 5.90. The van der Waals surface area contributed by atoms with Gasteiger partial charge in [0.2, 0.25) is 0 Å². The molecule has 0 saturated heterocycles. The topological polar surface area (TPSA) is 46.5 Å². The van der Waals surface area contributed by atoms with Crippen LogP contribution < -0.4 is 0 Å². The molecule has 6 heavy (non-hydrogen) atoms. The number of ether oxygens (including phenoxy) is 1. The third-order valence-electron chi connectivity index (χ3n) is 0.143. The third kappa shape index (κ3) is 8.87. The molecule has 0 fully saturated rings. The Morgan fingerprint density at radius 1 is 1.83 bits per heavy atom. The molecule has 34 valence electrons. The monoisotopic (exact) mass is 196 g/mol. The van der Waals surface area contributed by atoms with Crippen molar-refractivity contribution in [1.82, 2.24) is 0 Å². The number of hydrogen-bond acceptors (Lipinski definition) is 3. The zero-order chi connectivity index (χ0) is 4.12. The number of rotatable bonds is 2. The first-order valence-electron chi connectivity index (χ1n) is 1.08. The minimum atomic E-state index is -0.524. The number of hydrogen-bond donors (Lipinski definition) is 1. The molecule has 1 N–H and O–H groups in total. The first-order valence-corrected chi connectivity index (χ1v) is 1.08. The maximum Gasteiger partial charge on any atom is 0.295 e. The Hall–Kier alpha value is 0.229. The predicted octanol–water partition coefficient (Wildman–Crippen LogP) is -1.27. The van der Waals surface area contributed by atoms with E-state index in [1.54, 1.807) is 0 Å². The SMILES string of the molecule is O=COCO.[Sn]. The Labute approximate surface area is 52.3 Å². The summed E-state index contributed by atoms with van der Waals surface area (Å²) in [5.74, 6) is 0. The Kier molecular flexibility index (Phi) is 14.2. The van der Waals surface area contributed by atoms with Gasteiger partial charge in [-0.15, -0.1) is 0 Å². The van der Waals surface area contributed by atoms with E-state index in [1.807, 2.05) is 0 Å². The molecule has 4 heteroatoms. The Balaban J connectivity index is 0. The molecule has 0 aliphatic rings. The molecule has 4 radical (unpaired) electrons. The molecule has 3 nitrogen and oxygen atoms in total. The van der Waals surface area contributed by atoms with Crippen molar-refractivity contribution in [1.29, 1.82) is 0 Å². The van der Waals surface area contributed by atoms with Gasteiger partial charge in [0.05, 0.1) is 0 Å². The van der Waals surface area contributed by atoms with Crippen LogP contribution in [0.3, 0.4) is 0 Å². The van der Waals surface area contributed by atoms with Crippen LogP contribution in [-0.4, -0.2) is 42.3 Å². The average molecular weight is 195 g/mol. The molecule has 0 bridgehead atoms. The van der Waals surface area contributed by atoms with Crippen LogP contribution in [0.5, 0.6) is 0 Å². The number of aliphatic hydroxyl groups excluding tert-OH is 1. The van der Waals surface area contributed by atoms with Gasteiger partial charge in [-0.3, -0.25) is 4.79 Å². The van der Waals surface area contributed by atoms with Gasteiger partial charge < -0.3 is 9.84 Å². The Morgan fingerprint density at radius 3 is 2.33 bits per heavy atom. The summed E-state index contributed by atoms with van der Waals surface area (Å²) in [5.41, 5.74) is 0. The van der Waals surface area contributed by atoms with Gasteiger partial charge in [-0.25, -0.2) is 0 Å². The number of carbonyl (C=O) groups excluding carboxylic acids is 1. The van der Waals surface area contributed by atoms with E-state index in [9.17, 15) is 0 Å². The Bertz CT molecular complexity index is 30.0. The van der Waals surface area contributed by atoms with E-state index in [4.69, 9.17) is 9.90 Å². The van der Waals surface area contributed by atoms with E-state index in [0.29, 0.717) is 0 Å². The van der Waals surface area contributed by atoms with Gasteiger partial charge >= 0.3 is 0 Å². The van der Waals surface area contributed by atoms with E-state index < -0.39 is 6.79 Å². The molecule has 0 saturated carbocycles. The van der Waals surface area contributed by atoms with Crippen molar-refractivity contribution in [2.75, 3.05) is 6.79 Å². The first-order chi connectivity index (χ1) is 2.41. The van der Waals surface area contributed by atoms with Crippen LogP contribution in [0.2, 0.25) is 0 Å². The van der Waals surface area contributed by atoms with Gasteiger partial charge in [0.1, 0.15) is 0 Å². The zero-order valence-electron chi connectivity index (χ0n) is 3.05. The number of carbonyl (C=O) groups is 1. The van der Waals surface area contributed by atoms with E-state index in [-0.39, 0.29) is 30.4 Å². The van der Waals surface area contributed by atoms with Gasteiger partial charge in [0, 0.05) is 23.9 Å². The molecule has 0 aromatic heterocycles. The third-order valence-corrected chi connectivity index (χ3v) is 0.143. The van der Waals surface area contributed by atoms with Crippen molar-refractivity contribution in [3.05, 3.63) is 0 Å². The molecule has 0 spiro atoms. The fourth-order valence-electron chi connectivity index (χ4n) is 0.0304. The van der Waals surface area contributed by atoms with Gasteiger partial charge in [0.25, 0.3) is 6.47 Å². The molecule has 0 unspecified atom stereocenters. The molecular formula is C2H4O3Sn. The second-order valence-corrected chi connectivity index (χ2v) is 0.392. The van der Waals surface area contributed by atoms with E-state index >= 15 is 0 Å². The minimum absolute atomic E-state index is 0. The Morgan fingerprint density at radius 2 is 2.33 bits per heavy atom. The maximum absolute atomic E-state index is 9.02. The van der Waals surface area contributed by atoms with E-state index in [2.05, 4.69) is 4.74 Å².